The van der Waals surface area contributed by atoms with Crippen molar-refractivity contribution < 1.29 is 38.9 Å². The van der Waals surface area contributed by atoms with Crippen LogP contribution in [0.15, 0.2) is 132 Å². The second-order valence-electron chi connectivity index (χ2n) is 15.8. The summed E-state index contributed by atoms with van der Waals surface area (Å²) in [6, 6.07) is 34.6. The van der Waals surface area contributed by atoms with Crippen LogP contribution in [0.3, 0.4) is 0 Å². The number of morpholine rings is 1. The molecule has 1 aliphatic rings. The summed E-state index contributed by atoms with van der Waals surface area (Å²) in [6.07, 6.45) is 0. The lowest BCUT2D eigenvalue weighted by molar-refractivity contribution is 0.0383. The molecular weight excluding hydrogens is 1030 g/mol. The van der Waals surface area contributed by atoms with Crippen molar-refractivity contribution >= 4 is 92.9 Å². The molecule has 0 spiro atoms. The van der Waals surface area contributed by atoms with E-state index in [4.69, 9.17) is 61.0 Å². The number of ether oxygens (including phenoxy) is 2. The number of carbonyl (C=O) groups excluding carboxylic acids is 2. The van der Waals surface area contributed by atoms with Crippen molar-refractivity contribution in [2.24, 2.45) is 0 Å². The zero-order valence-electron chi connectivity index (χ0n) is 37.5. The Morgan fingerprint density at radius 2 is 1.06 bits per heavy atom. The van der Waals surface area contributed by atoms with Crippen molar-refractivity contribution in [3.63, 3.8) is 0 Å². The third-order valence-corrected chi connectivity index (χ3v) is 14.6. The number of nitrogens with zero attached hydrogens (tertiary/aromatic N) is 3. The highest BCUT2D eigenvalue weighted by Gasteiger charge is 2.20. The van der Waals surface area contributed by atoms with E-state index >= 15 is 0 Å². The number of nitrogens with one attached hydrogen (secondary N) is 1. The van der Waals surface area contributed by atoms with Gasteiger partial charge >= 0.3 is 17.9 Å². The second-order valence-corrected chi connectivity index (χ2v) is 19.2. The molecule has 18 heteroatoms. The molecule has 1 aliphatic heterocycles. The quantitative estimate of drug-likeness (QED) is 0.0940. The molecule has 6 aromatic carbocycles. The highest BCUT2D eigenvalue weighted by atomic mass is 35.5. The number of carboxylic acid groups (broad SMARTS) is 2. The zero-order chi connectivity index (χ0) is 50.2. The zero-order valence-corrected chi connectivity index (χ0v) is 42.1. The Kier molecular flexibility index (Phi) is 16.6. The highest BCUT2D eigenvalue weighted by Crippen LogP contribution is 2.37. The lowest BCUT2D eigenvalue weighted by Crippen LogP contribution is -2.41. The number of amides is 1. The molecule has 71 heavy (non-hydrogen) atoms. The number of methoxy groups -OCH3 is 1. The molecule has 9 rings (SSSR count). The summed E-state index contributed by atoms with van der Waals surface area (Å²) < 4.78 is 10.3. The number of aromatic nitrogens is 2. The predicted molar refractivity (Wildman–Crippen MR) is 282 cm³/mol. The predicted octanol–water partition coefficient (Wildman–Crippen LogP) is 13.1. The fourth-order valence-corrected chi connectivity index (χ4v) is 9.80. The molecular formula is C53H40Cl4N4O8S2. The maximum Gasteiger partial charge on any atom is 0.338 e. The van der Waals surface area contributed by atoms with Crippen molar-refractivity contribution in [1.29, 1.82) is 0 Å². The molecule has 0 atom stereocenters. The summed E-state index contributed by atoms with van der Waals surface area (Å²) in [5, 5.41) is 29.1. The van der Waals surface area contributed by atoms with Crippen molar-refractivity contribution in [3.8, 4) is 65.9 Å². The number of halogens is 4. The smallest absolute Gasteiger partial charge is 0.338 e. The minimum Gasteiger partial charge on any atom is -0.478 e. The number of carbonyl (C=O) groups is 4. The molecule has 1 amide bonds. The maximum atomic E-state index is 12.6. The van der Waals surface area contributed by atoms with Crippen LogP contribution in [0.4, 0.5) is 0 Å². The largest absolute Gasteiger partial charge is 0.478 e. The molecule has 3 N–H and O–H groups in total. The number of carboxylic acids is 2. The van der Waals surface area contributed by atoms with Gasteiger partial charge in [0.05, 0.1) is 68.5 Å². The first kappa shape index (κ1) is 50.9. The molecule has 360 valence electrons. The number of rotatable bonds is 13. The Labute approximate surface area is 436 Å². The molecule has 0 saturated carbocycles. The fraction of sp³-hybridized carbons (Fsp3) is 0.132. The van der Waals surface area contributed by atoms with Gasteiger partial charge in [0.25, 0.3) is 5.91 Å². The normalized spacial score (nSPS) is 12.4. The van der Waals surface area contributed by atoms with Crippen LogP contribution in [0.25, 0.3) is 65.9 Å². The van der Waals surface area contributed by atoms with E-state index < -0.39 is 17.9 Å². The van der Waals surface area contributed by atoms with Crippen LogP contribution in [0.1, 0.15) is 41.4 Å². The summed E-state index contributed by atoms with van der Waals surface area (Å²) in [5.41, 5.74) is 8.41. The van der Waals surface area contributed by atoms with Gasteiger partial charge in [0.1, 0.15) is 10.0 Å². The monoisotopic (exact) mass is 1060 g/mol. The average molecular weight is 1070 g/mol. The highest BCUT2D eigenvalue weighted by molar-refractivity contribution is 7.13. The van der Waals surface area contributed by atoms with Crippen molar-refractivity contribution in [3.05, 3.63) is 174 Å². The van der Waals surface area contributed by atoms with Crippen molar-refractivity contribution in [1.82, 2.24) is 20.2 Å². The second kappa shape index (κ2) is 23.2. The molecule has 0 bridgehead atoms. The van der Waals surface area contributed by atoms with Crippen LogP contribution in [-0.2, 0) is 9.47 Å². The summed E-state index contributed by atoms with van der Waals surface area (Å²) >= 11 is 27.1. The number of benzene rings is 6. The Hall–Kier alpha value is -6.46. The van der Waals surface area contributed by atoms with Gasteiger partial charge in [-0.2, -0.15) is 0 Å². The number of thiazole rings is 2. The molecule has 12 nitrogen and oxygen atoms in total. The summed E-state index contributed by atoms with van der Waals surface area (Å²) in [5.74, 6) is -2.71. The molecule has 0 unspecified atom stereocenters. The van der Waals surface area contributed by atoms with Crippen LogP contribution in [0, 0.1) is 0 Å². The molecule has 0 radical (unpaired) electrons. The van der Waals surface area contributed by atoms with Crippen molar-refractivity contribution in [2.45, 2.75) is 0 Å². The van der Waals surface area contributed by atoms with Gasteiger partial charge < -0.3 is 25.0 Å². The third kappa shape index (κ3) is 12.4. The van der Waals surface area contributed by atoms with Gasteiger partial charge in [0.15, 0.2) is 0 Å². The topological polar surface area (TPSA) is 168 Å². The van der Waals surface area contributed by atoms with Gasteiger partial charge in [-0.25, -0.2) is 24.4 Å². The van der Waals surface area contributed by atoms with Crippen LogP contribution in [-0.4, -0.2) is 95.4 Å². The van der Waals surface area contributed by atoms with Crippen molar-refractivity contribution in [2.75, 3.05) is 46.5 Å². The Balaban J connectivity index is 0.000000194. The third-order valence-electron chi connectivity index (χ3n) is 11.3. The summed E-state index contributed by atoms with van der Waals surface area (Å²) in [7, 11) is 1.32. The van der Waals surface area contributed by atoms with E-state index in [-0.39, 0.29) is 17.0 Å². The first-order chi connectivity index (χ1) is 34.3. The van der Waals surface area contributed by atoms with E-state index in [0.29, 0.717) is 70.6 Å². The molecule has 1 fully saturated rings. The van der Waals surface area contributed by atoms with E-state index in [0.717, 1.165) is 65.9 Å². The molecule has 0 aliphatic carbocycles. The summed E-state index contributed by atoms with van der Waals surface area (Å²) in [4.78, 5) is 60.0. The molecule has 1 saturated heterocycles. The molecule has 8 aromatic rings. The van der Waals surface area contributed by atoms with Gasteiger partial charge in [0.2, 0.25) is 0 Å². The lowest BCUT2D eigenvalue weighted by Gasteiger charge is -2.26. The lowest BCUT2D eigenvalue weighted by atomic mass is 9.96. The number of aromatic carboxylic acids is 2. The first-order valence-corrected chi connectivity index (χ1v) is 25.0. The van der Waals surface area contributed by atoms with Gasteiger partial charge in [-0.1, -0.05) is 107 Å². The minimum absolute atomic E-state index is 0.154. The number of esters is 1. The Morgan fingerprint density at radius 3 is 1.54 bits per heavy atom. The van der Waals surface area contributed by atoms with Crippen LogP contribution in [0.5, 0.6) is 0 Å². The maximum absolute atomic E-state index is 12.6. The minimum atomic E-state index is -1.04. The van der Waals surface area contributed by atoms with E-state index in [1.165, 1.54) is 41.9 Å². The Morgan fingerprint density at radius 1 is 0.592 bits per heavy atom. The van der Waals surface area contributed by atoms with Gasteiger partial charge in [-0.3, -0.25) is 9.69 Å². The van der Waals surface area contributed by atoms with E-state index in [1.807, 2.05) is 35.0 Å². The van der Waals surface area contributed by atoms with Gasteiger partial charge in [-0.05, 0) is 82.9 Å². The van der Waals surface area contributed by atoms with Crippen LogP contribution in [0.2, 0.25) is 20.1 Å². The Bertz CT molecular complexity index is 3270. The molecule has 2 aromatic heterocycles. The average Bonchev–Trinajstić information content (AvgIpc) is 4.10. The first-order valence-electron chi connectivity index (χ1n) is 21.7. The SMILES string of the molecule is COC(=O)c1cc(-c2nc(-c3ccc(Cl)c(Cl)c3)cs2)ccc1-c1ccc(C(=O)O)cc1.O=C(NCCN1CCOCC1)c1ccc(-c2ccc(-c3nc(-c4ccc(Cl)c(Cl)c4)cs3)cc2C(=O)O)cc1. The van der Waals surface area contributed by atoms with Gasteiger partial charge in [0, 0.05) is 64.8 Å². The summed E-state index contributed by atoms with van der Waals surface area (Å²) in [6.45, 7) is 4.51. The fourth-order valence-electron chi connectivity index (χ4n) is 7.55. The number of hydrogen-bond donors (Lipinski definition) is 3. The van der Waals surface area contributed by atoms with Gasteiger partial charge in [-0.15, -0.1) is 22.7 Å². The van der Waals surface area contributed by atoms with E-state index in [9.17, 15) is 24.3 Å². The van der Waals surface area contributed by atoms with E-state index in [2.05, 4.69) is 20.2 Å². The number of hydrogen-bond acceptors (Lipinski definition) is 11. The molecule has 3 heterocycles. The standard InChI is InChI=1S/C29H25Cl2N3O4S.C24H15Cl2NO4S/c30-24-8-6-20(16-25(24)31)26-17-39-28(33-26)21-5-7-22(23(15-21)29(36)37)18-1-3-19(4-2-18)27(35)32-9-10-34-11-13-38-14-12-34;1-31-24(30)18-10-16(6-8-17(18)13-2-4-14(5-3-13)23(28)29)22-27-21(12-32-22)15-7-9-19(25)20(26)11-15/h1-8,15-17H,9-14H2,(H,32,35)(H,36,37);2-12H,1H3,(H,28,29). The van der Waals surface area contributed by atoms with Crippen LogP contribution < -0.4 is 5.32 Å². The van der Waals surface area contributed by atoms with E-state index in [1.54, 1.807) is 84.9 Å². The van der Waals surface area contributed by atoms with Crippen LogP contribution >= 0.6 is 69.1 Å².